The molecule has 1 aliphatic heterocycles. The zero-order valence-electron chi connectivity index (χ0n) is 21.2. The average Bonchev–Trinajstić information content (AvgIpc) is 3.08. The van der Waals surface area contributed by atoms with Crippen LogP contribution in [0.1, 0.15) is 44.3 Å². The Hall–Kier alpha value is -3.72. The largest absolute Gasteiger partial charge is 0.491 e. The number of carbonyl (C=O) groups is 2. The lowest BCUT2D eigenvalue weighted by atomic mass is 9.96. The molecule has 2 amide bonds. The second kappa shape index (κ2) is 10.3. The SMILES string of the molecule is CCc1c(C(=O)N2CCOc3ccc(-c4ccc(C(=O)NC)cc4C)cc3C2)ccc(S(C)(=O)=O)c1F. The zero-order chi connectivity index (χ0) is 26.9. The van der Waals surface area contributed by atoms with Crippen LogP contribution in [-0.2, 0) is 22.8 Å². The van der Waals surface area contributed by atoms with Crippen molar-refractivity contribution in [2.24, 2.45) is 0 Å². The van der Waals surface area contributed by atoms with Gasteiger partial charge in [0.2, 0.25) is 0 Å². The molecule has 7 nitrogen and oxygen atoms in total. The van der Waals surface area contributed by atoms with E-state index in [1.165, 1.54) is 6.07 Å². The summed E-state index contributed by atoms with van der Waals surface area (Å²) < 4.78 is 44.9. The number of nitrogens with zero attached hydrogens (tertiary/aromatic N) is 1. The van der Waals surface area contributed by atoms with E-state index in [4.69, 9.17) is 4.74 Å². The lowest BCUT2D eigenvalue weighted by Gasteiger charge is -2.22. The highest BCUT2D eigenvalue weighted by molar-refractivity contribution is 7.90. The highest BCUT2D eigenvalue weighted by Crippen LogP contribution is 2.32. The Bertz CT molecular complexity index is 1500. The molecule has 1 heterocycles. The summed E-state index contributed by atoms with van der Waals surface area (Å²) in [4.78, 5) is 26.7. The molecule has 3 aromatic carbocycles. The Kier molecular flexibility index (Phi) is 7.36. The zero-order valence-corrected chi connectivity index (χ0v) is 22.0. The first-order chi connectivity index (χ1) is 17.5. The summed E-state index contributed by atoms with van der Waals surface area (Å²) in [6.45, 7) is 4.42. The number of fused-ring (bicyclic) bond motifs is 1. The third-order valence-corrected chi connectivity index (χ3v) is 7.66. The minimum atomic E-state index is -3.77. The van der Waals surface area contributed by atoms with Crippen molar-refractivity contribution < 1.29 is 27.1 Å². The van der Waals surface area contributed by atoms with Gasteiger partial charge >= 0.3 is 0 Å². The van der Waals surface area contributed by atoms with Crippen LogP contribution in [0.25, 0.3) is 11.1 Å². The molecule has 1 N–H and O–H groups in total. The van der Waals surface area contributed by atoms with E-state index in [0.29, 0.717) is 17.9 Å². The molecule has 37 heavy (non-hydrogen) atoms. The number of amides is 2. The van der Waals surface area contributed by atoms with Crippen molar-refractivity contribution >= 4 is 21.7 Å². The monoisotopic (exact) mass is 524 g/mol. The van der Waals surface area contributed by atoms with Crippen molar-refractivity contribution in [3.63, 3.8) is 0 Å². The lowest BCUT2D eigenvalue weighted by Crippen LogP contribution is -2.33. The molecular weight excluding hydrogens is 495 g/mol. The Morgan fingerprint density at radius 1 is 1.11 bits per heavy atom. The van der Waals surface area contributed by atoms with Crippen LogP contribution in [0.15, 0.2) is 53.4 Å². The highest BCUT2D eigenvalue weighted by atomic mass is 32.2. The second-order valence-corrected chi connectivity index (χ2v) is 11.0. The van der Waals surface area contributed by atoms with Gasteiger partial charge in [-0.2, -0.15) is 0 Å². The maximum atomic E-state index is 15.1. The fourth-order valence-electron chi connectivity index (χ4n) is 4.61. The molecule has 0 saturated carbocycles. The van der Waals surface area contributed by atoms with Crippen LogP contribution in [0, 0.1) is 12.7 Å². The van der Waals surface area contributed by atoms with Crippen molar-refractivity contribution in [3.8, 4) is 16.9 Å². The summed E-state index contributed by atoms with van der Waals surface area (Å²) in [6.07, 6.45) is 1.12. The Morgan fingerprint density at radius 2 is 1.86 bits per heavy atom. The molecule has 4 rings (SSSR count). The second-order valence-electron chi connectivity index (χ2n) is 9.04. The van der Waals surface area contributed by atoms with Gasteiger partial charge in [0.05, 0.1) is 6.54 Å². The normalized spacial score (nSPS) is 13.4. The lowest BCUT2D eigenvalue weighted by molar-refractivity contribution is 0.0731. The molecule has 1 aliphatic rings. The Labute approximate surface area is 216 Å². The highest BCUT2D eigenvalue weighted by Gasteiger charge is 2.27. The smallest absolute Gasteiger partial charge is 0.254 e. The summed E-state index contributed by atoms with van der Waals surface area (Å²) in [6, 6.07) is 13.8. The summed E-state index contributed by atoms with van der Waals surface area (Å²) in [5, 5.41) is 2.62. The van der Waals surface area contributed by atoms with Crippen molar-refractivity contribution in [2.75, 3.05) is 26.5 Å². The predicted molar refractivity (Wildman–Crippen MR) is 139 cm³/mol. The maximum Gasteiger partial charge on any atom is 0.254 e. The summed E-state index contributed by atoms with van der Waals surface area (Å²) in [5.41, 5.74) is 4.38. The van der Waals surface area contributed by atoms with Crippen LogP contribution in [0.2, 0.25) is 0 Å². The molecule has 0 fully saturated rings. The molecule has 0 radical (unpaired) electrons. The first kappa shape index (κ1) is 26.3. The standard InChI is InChI=1S/C28H29FN2O5S/c1-5-21-23(9-11-25(26(21)29)37(4,34)35)28(33)31-12-13-36-24-10-7-18(15-20(24)16-31)22-8-6-19(14-17(22)2)27(32)30-3/h6-11,14-15H,5,12-13,16H2,1-4H3,(H,30,32). The van der Waals surface area contributed by atoms with E-state index in [1.54, 1.807) is 24.9 Å². The van der Waals surface area contributed by atoms with Gasteiger partial charge in [-0.3, -0.25) is 9.59 Å². The van der Waals surface area contributed by atoms with E-state index < -0.39 is 20.5 Å². The first-order valence-corrected chi connectivity index (χ1v) is 13.8. The molecule has 194 valence electrons. The van der Waals surface area contributed by atoms with Crippen molar-refractivity contribution in [1.29, 1.82) is 0 Å². The van der Waals surface area contributed by atoms with Crippen LogP contribution >= 0.6 is 0 Å². The summed E-state index contributed by atoms with van der Waals surface area (Å²) >= 11 is 0. The molecule has 0 bridgehead atoms. The molecule has 3 aromatic rings. The molecule has 0 aromatic heterocycles. The third-order valence-electron chi connectivity index (χ3n) is 6.55. The fourth-order valence-corrected chi connectivity index (χ4v) is 5.37. The van der Waals surface area contributed by atoms with Gasteiger partial charge in [-0.05, 0) is 66.4 Å². The van der Waals surface area contributed by atoms with Gasteiger partial charge in [0.25, 0.3) is 11.8 Å². The van der Waals surface area contributed by atoms with Gasteiger partial charge in [0.15, 0.2) is 9.84 Å². The minimum Gasteiger partial charge on any atom is -0.491 e. The maximum absolute atomic E-state index is 15.1. The molecule has 0 aliphatic carbocycles. The summed E-state index contributed by atoms with van der Waals surface area (Å²) in [5.74, 6) is -0.761. The number of hydrogen-bond acceptors (Lipinski definition) is 5. The molecule has 0 atom stereocenters. The van der Waals surface area contributed by atoms with Crippen LogP contribution in [0.3, 0.4) is 0 Å². The van der Waals surface area contributed by atoms with Crippen LogP contribution in [0.4, 0.5) is 4.39 Å². The van der Waals surface area contributed by atoms with Crippen LogP contribution < -0.4 is 10.1 Å². The number of halogens is 1. The van der Waals surface area contributed by atoms with E-state index in [0.717, 1.165) is 34.6 Å². The predicted octanol–water partition coefficient (Wildman–Crippen LogP) is 4.16. The van der Waals surface area contributed by atoms with E-state index in [-0.39, 0.29) is 42.5 Å². The number of rotatable bonds is 5. The van der Waals surface area contributed by atoms with E-state index >= 15 is 4.39 Å². The van der Waals surface area contributed by atoms with Gasteiger partial charge in [-0.25, -0.2) is 12.8 Å². The number of nitrogens with one attached hydrogen (secondary N) is 1. The van der Waals surface area contributed by atoms with Crippen molar-refractivity contribution in [2.45, 2.75) is 31.7 Å². The number of ether oxygens (including phenoxy) is 1. The topological polar surface area (TPSA) is 92.8 Å². The van der Waals surface area contributed by atoms with Crippen molar-refractivity contribution in [1.82, 2.24) is 10.2 Å². The summed E-state index contributed by atoms with van der Waals surface area (Å²) in [7, 11) is -2.18. The van der Waals surface area contributed by atoms with E-state index in [9.17, 15) is 18.0 Å². The number of aryl methyl sites for hydroxylation is 1. The van der Waals surface area contributed by atoms with Gasteiger partial charge in [-0.15, -0.1) is 0 Å². The Morgan fingerprint density at radius 3 is 2.51 bits per heavy atom. The molecule has 0 unspecified atom stereocenters. The van der Waals surface area contributed by atoms with Crippen molar-refractivity contribution in [3.05, 3.63) is 82.2 Å². The molecule has 0 saturated heterocycles. The van der Waals surface area contributed by atoms with Crippen LogP contribution in [0.5, 0.6) is 5.75 Å². The minimum absolute atomic E-state index is 0.0823. The van der Waals surface area contributed by atoms with Gasteiger partial charge in [0.1, 0.15) is 23.1 Å². The van der Waals surface area contributed by atoms with Gasteiger partial charge in [0, 0.05) is 42.1 Å². The molecule has 0 spiro atoms. The Balaban J connectivity index is 1.67. The van der Waals surface area contributed by atoms with E-state index in [2.05, 4.69) is 5.32 Å². The van der Waals surface area contributed by atoms with Gasteiger partial charge in [-0.1, -0.05) is 19.1 Å². The number of carbonyl (C=O) groups excluding carboxylic acids is 2. The average molecular weight is 525 g/mol. The first-order valence-electron chi connectivity index (χ1n) is 11.9. The molecule has 9 heteroatoms. The number of sulfone groups is 1. The fraction of sp³-hybridized carbons (Fsp3) is 0.286. The van der Waals surface area contributed by atoms with E-state index in [1.807, 2.05) is 37.3 Å². The number of benzene rings is 3. The quantitative estimate of drug-likeness (QED) is 0.541. The molecular formula is C28H29FN2O5S. The van der Waals surface area contributed by atoms with Gasteiger partial charge < -0.3 is 15.0 Å². The van der Waals surface area contributed by atoms with Crippen LogP contribution in [-0.4, -0.2) is 51.6 Å². The number of hydrogen-bond donors (Lipinski definition) is 1. The third kappa shape index (κ3) is 5.22.